The van der Waals surface area contributed by atoms with Gasteiger partial charge >= 0.3 is 29.6 Å². The average Bonchev–Trinajstić information content (AvgIpc) is 1.92. The molecule has 0 N–H and O–H groups in total. The largest absolute Gasteiger partial charge is 1.00 e. The predicted octanol–water partition coefficient (Wildman–Crippen LogP) is -6.27. The molecule has 0 rings (SSSR count). The first kappa shape index (κ1) is 22.3. The molecule has 16 heavy (non-hydrogen) atoms. The molecule has 0 heterocycles. The number of hydrogen-bond donors (Lipinski definition) is 0. The van der Waals surface area contributed by atoms with Crippen LogP contribution in [0.25, 0.3) is 0 Å². The maximum atomic E-state index is 10.5. The third-order valence-electron chi connectivity index (χ3n) is 1.13. The number of halogens is 1. The van der Waals surface area contributed by atoms with Gasteiger partial charge in [0.15, 0.2) is 0 Å². The fraction of sp³-hybridized carbons (Fsp3) is 1.00. The van der Waals surface area contributed by atoms with E-state index in [-0.39, 0.29) is 55.2 Å². The van der Waals surface area contributed by atoms with Gasteiger partial charge in [-0.1, -0.05) is 0 Å². The van der Waals surface area contributed by atoms with Crippen LogP contribution in [0.4, 0.5) is 0 Å². The Labute approximate surface area is 125 Å². The molecule has 0 spiro atoms. The smallest absolute Gasteiger partial charge is 1.00 e. The Morgan fingerprint density at radius 2 is 1.06 bits per heavy atom. The molecule has 6 nitrogen and oxygen atoms in total. The topological polar surface area (TPSA) is 86.7 Å². The molecular weight excluding hydrogens is 291 g/mol. The minimum Gasteiger partial charge on any atom is -1.00 e. The van der Waals surface area contributed by atoms with Gasteiger partial charge in [0.2, 0.25) is 0 Å². The van der Waals surface area contributed by atoms with Gasteiger partial charge in [0.05, 0.1) is 25.7 Å². The molecule has 0 unspecified atom stereocenters. The van der Waals surface area contributed by atoms with Crippen LogP contribution < -0.4 is 42.0 Å². The van der Waals surface area contributed by atoms with Crippen LogP contribution in [-0.2, 0) is 28.6 Å². The molecular formula is C6H14ClNaO6S2. The van der Waals surface area contributed by atoms with Crippen LogP contribution in [0.3, 0.4) is 0 Å². The van der Waals surface area contributed by atoms with E-state index in [1.54, 1.807) is 0 Å². The zero-order valence-electron chi connectivity index (χ0n) is 9.47. The summed E-state index contributed by atoms with van der Waals surface area (Å²) in [5, 5.41) is 0. The second kappa shape index (κ2) is 10.1. The Bertz CT molecular complexity index is 315. The van der Waals surface area contributed by atoms with E-state index in [4.69, 9.17) is 0 Å². The predicted molar refractivity (Wildman–Crippen MR) is 50.8 cm³/mol. The van der Waals surface area contributed by atoms with Gasteiger partial charge in [0.25, 0.3) is 20.2 Å². The molecule has 0 aliphatic carbocycles. The zero-order chi connectivity index (χ0) is 11.2. The van der Waals surface area contributed by atoms with E-state index >= 15 is 0 Å². The Balaban J connectivity index is -0.000000845. The van der Waals surface area contributed by atoms with Gasteiger partial charge in [0.1, 0.15) is 0 Å². The van der Waals surface area contributed by atoms with Gasteiger partial charge < -0.3 is 12.4 Å². The molecule has 0 atom stereocenters. The van der Waals surface area contributed by atoms with Gasteiger partial charge in [0, 0.05) is 0 Å². The normalized spacial score (nSPS) is 11.4. The fourth-order valence-corrected chi connectivity index (χ4v) is 1.47. The Morgan fingerprint density at radius 1 is 0.812 bits per heavy atom. The summed E-state index contributed by atoms with van der Waals surface area (Å²) in [7, 11) is -6.80. The second-order valence-electron chi connectivity index (χ2n) is 2.76. The van der Waals surface area contributed by atoms with E-state index in [9.17, 15) is 16.8 Å². The molecule has 0 fully saturated rings. The van der Waals surface area contributed by atoms with Gasteiger partial charge in [-0.2, -0.15) is 16.8 Å². The van der Waals surface area contributed by atoms with Crippen LogP contribution in [-0.4, -0.2) is 42.6 Å². The van der Waals surface area contributed by atoms with Gasteiger partial charge in [-0.25, -0.2) is 0 Å². The van der Waals surface area contributed by atoms with Crippen molar-refractivity contribution >= 4 is 20.2 Å². The van der Waals surface area contributed by atoms with Crippen molar-refractivity contribution in [2.45, 2.75) is 12.8 Å². The standard InChI is InChI=1S/C6H14O6S2.ClH.Na/c1-13(7,8)11-5-3-4-6-12-14(2,9)10;;/h3-6H2,1-2H3;1H;/q;;+1/p-1. The molecule has 0 saturated heterocycles. The van der Waals surface area contributed by atoms with Crippen molar-refractivity contribution in [3.05, 3.63) is 0 Å². The molecule has 0 bridgehead atoms. The summed E-state index contributed by atoms with van der Waals surface area (Å²) in [4.78, 5) is 0. The van der Waals surface area contributed by atoms with E-state index < -0.39 is 20.2 Å². The van der Waals surface area contributed by atoms with Crippen molar-refractivity contribution in [3.63, 3.8) is 0 Å². The number of hydrogen-bond acceptors (Lipinski definition) is 6. The Morgan fingerprint density at radius 3 is 1.25 bits per heavy atom. The van der Waals surface area contributed by atoms with Crippen LogP contribution in [0.1, 0.15) is 12.8 Å². The molecule has 0 aromatic heterocycles. The maximum absolute atomic E-state index is 10.5. The summed E-state index contributed by atoms with van der Waals surface area (Å²) < 4.78 is 50.8. The van der Waals surface area contributed by atoms with E-state index in [1.165, 1.54) is 0 Å². The summed E-state index contributed by atoms with van der Waals surface area (Å²) in [6.45, 7) is 0.0951. The van der Waals surface area contributed by atoms with E-state index in [1.807, 2.05) is 0 Å². The maximum Gasteiger partial charge on any atom is 1.00 e. The van der Waals surface area contributed by atoms with Crippen LogP contribution >= 0.6 is 0 Å². The first-order valence-corrected chi connectivity index (χ1v) is 7.53. The third kappa shape index (κ3) is 20.5. The third-order valence-corrected chi connectivity index (χ3v) is 2.32. The molecule has 0 aliphatic rings. The van der Waals surface area contributed by atoms with Gasteiger partial charge in [-0.05, 0) is 12.8 Å². The molecule has 10 heteroatoms. The number of rotatable bonds is 7. The SMILES string of the molecule is CS(=O)(=O)OCCCCOS(C)(=O)=O.[Cl-].[Na+]. The van der Waals surface area contributed by atoms with Crippen molar-refractivity contribution in [3.8, 4) is 0 Å². The van der Waals surface area contributed by atoms with Crippen molar-refractivity contribution < 1.29 is 67.2 Å². The molecule has 94 valence electrons. The molecule has 0 aromatic rings. The van der Waals surface area contributed by atoms with Crippen molar-refractivity contribution in [2.75, 3.05) is 25.7 Å². The van der Waals surface area contributed by atoms with E-state index in [0.717, 1.165) is 12.5 Å². The van der Waals surface area contributed by atoms with Crippen molar-refractivity contribution in [2.24, 2.45) is 0 Å². The molecule has 0 aromatic carbocycles. The monoisotopic (exact) mass is 304 g/mol. The molecule has 0 saturated carbocycles. The van der Waals surface area contributed by atoms with Gasteiger partial charge in [-0.15, -0.1) is 0 Å². The minimum atomic E-state index is -3.40. The summed E-state index contributed by atoms with van der Waals surface area (Å²) in [5.41, 5.74) is 0. The van der Waals surface area contributed by atoms with E-state index in [2.05, 4.69) is 8.37 Å². The van der Waals surface area contributed by atoms with Crippen molar-refractivity contribution in [1.29, 1.82) is 0 Å². The molecule has 0 radical (unpaired) electrons. The summed E-state index contributed by atoms with van der Waals surface area (Å²) in [6.07, 6.45) is 2.78. The minimum absolute atomic E-state index is 0. The van der Waals surface area contributed by atoms with E-state index in [0.29, 0.717) is 12.8 Å². The molecule has 0 amide bonds. The Kier molecular flexibility index (Phi) is 14.0. The molecule has 0 aliphatic heterocycles. The first-order valence-electron chi connectivity index (χ1n) is 3.89. The van der Waals surface area contributed by atoms with Crippen LogP contribution in [0.15, 0.2) is 0 Å². The zero-order valence-corrected chi connectivity index (χ0v) is 13.9. The average molecular weight is 305 g/mol. The first-order chi connectivity index (χ1) is 6.21. The second-order valence-corrected chi connectivity index (χ2v) is 6.05. The Hall–Kier alpha value is 1.11. The van der Waals surface area contributed by atoms with Crippen LogP contribution in [0.5, 0.6) is 0 Å². The fourth-order valence-electron chi connectivity index (χ4n) is 0.625. The van der Waals surface area contributed by atoms with Crippen LogP contribution in [0, 0.1) is 0 Å². The van der Waals surface area contributed by atoms with Gasteiger partial charge in [-0.3, -0.25) is 8.37 Å². The summed E-state index contributed by atoms with van der Waals surface area (Å²) in [6, 6.07) is 0. The quantitative estimate of drug-likeness (QED) is 0.264. The summed E-state index contributed by atoms with van der Waals surface area (Å²) >= 11 is 0. The van der Waals surface area contributed by atoms with Crippen molar-refractivity contribution in [1.82, 2.24) is 0 Å². The summed E-state index contributed by atoms with van der Waals surface area (Å²) in [5.74, 6) is 0. The van der Waals surface area contributed by atoms with Crippen LogP contribution in [0.2, 0.25) is 0 Å². The number of unbranched alkanes of at least 4 members (excludes halogenated alkanes) is 1.